The smallest absolute Gasteiger partial charge is 0.214 e. The summed E-state index contributed by atoms with van der Waals surface area (Å²) < 4.78 is 37.8. The highest BCUT2D eigenvalue weighted by atomic mass is 32.2. The Morgan fingerprint density at radius 1 is 1.23 bits per heavy atom. The Morgan fingerprint density at radius 3 is 2.35 bits per heavy atom. The lowest BCUT2D eigenvalue weighted by molar-refractivity contribution is 0.306. The van der Waals surface area contributed by atoms with Gasteiger partial charge in [0.2, 0.25) is 10.0 Å². The van der Waals surface area contributed by atoms with Crippen molar-refractivity contribution in [3.8, 4) is 0 Å². The summed E-state index contributed by atoms with van der Waals surface area (Å²) in [5, 5.41) is 6.60. The predicted octanol–water partition coefficient (Wildman–Crippen LogP) is 1.29. The fourth-order valence-electron chi connectivity index (χ4n) is 2.73. The molecule has 0 saturated carbocycles. The van der Waals surface area contributed by atoms with Gasteiger partial charge in [0.25, 0.3) is 0 Å². The number of sulfonamides is 1. The first-order valence-electron chi connectivity index (χ1n) is 9.51. The van der Waals surface area contributed by atoms with Crippen LogP contribution in [0.2, 0.25) is 0 Å². The zero-order valence-electron chi connectivity index (χ0n) is 16.9. The van der Waals surface area contributed by atoms with Crippen LogP contribution in [-0.2, 0) is 20.8 Å². The summed E-state index contributed by atoms with van der Waals surface area (Å²) in [7, 11) is -4.02. The standard InChI is InChI=1S/C17H36N4O3S2/c1-6-14-26(23,24)21-11-8-15(9-12-21)20-16(18-7-2)19-10-13-25(22)17(3,4)5/h15H,6-14H2,1-5H3,(H2,18,19,20). The summed E-state index contributed by atoms with van der Waals surface area (Å²) in [5.74, 6) is 1.47. The third kappa shape index (κ3) is 7.92. The van der Waals surface area contributed by atoms with E-state index in [2.05, 4.69) is 15.6 Å². The van der Waals surface area contributed by atoms with Crippen LogP contribution in [0.15, 0.2) is 4.99 Å². The fraction of sp³-hybridized carbons (Fsp3) is 0.941. The average Bonchev–Trinajstić information content (AvgIpc) is 2.54. The lowest BCUT2D eigenvalue weighted by Gasteiger charge is -2.32. The number of nitrogens with one attached hydrogen (secondary N) is 2. The van der Waals surface area contributed by atoms with E-state index in [1.807, 2.05) is 34.6 Å². The molecular formula is C17H36N4O3S2. The van der Waals surface area contributed by atoms with Crippen molar-refractivity contribution in [2.45, 2.75) is 64.7 Å². The molecule has 1 rings (SSSR count). The van der Waals surface area contributed by atoms with Gasteiger partial charge >= 0.3 is 0 Å². The first kappa shape index (κ1) is 23.4. The molecule has 0 radical (unpaired) electrons. The summed E-state index contributed by atoms with van der Waals surface area (Å²) in [6.45, 7) is 12.1. The van der Waals surface area contributed by atoms with Gasteiger partial charge in [0, 0.05) is 47.0 Å². The lowest BCUT2D eigenvalue weighted by atomic mass is 10.1. The van der Waals surface area contributed by atoms with Gasteiger partial charge in [-0.1, -0.05) is 6.92 Å². The van der Waals surface area contributed by atoms with E-state index >= 15 is 0 Å². The van der Waals surface area contributed by atoms with Crippen molar-refractivity contribution in [3.63, 3.8) is 0 Å². The van der Waals surface area contributed by atoms with Crippen LogP contribution in [0.5, 0.6) is 0 Å². The molecule has 1 aliphatic heterocycles. The Bertz CT molecular complexity index is 577. The number of hydrogen-bond donors (Lipinski definition) is 2. The van der Waals surface area contributed by atoms with Crippen LogP contribution < -0.4 is 10.6 Å². The monoisotopic (exact) mass is 408 g/mol. The van der Waals surface area contributed by atoms with Crippen molar-refractivity contribution >= 4 is 26.8 Å². The quantitative estimate of drug-likeness (QED) is 0.467. The van der Waals surface area contributed by atoms with Crippen LogP contribution >= 0.6 is 0 Å². The Kier molecular flexibility index (Phi) is 9.54. The average molecular weight is 409 g/mol. The zero-order valence-corrected chi connectivity index (χ0v) is 18.5. The molecule has 26 heavy (non-hydrogen) atoms. The molecule has 0 bridgehead atoms. The van der Waals surface area contributed by atoms with Crippen LogP contribution in [0.25, 0.3) is 0 Å². The molecule has 1 atom stereocenters. The van der Waals surface area contributed by atoms with Gasteiger partial charge in [-0.3, -0.25) is 9.20 Å². The molecule has 1 saturated heterocycles. The molecule has 0 aliphatic carbocycles. The Morgan fingerprint density at radius 2 is 1.85 bits per heavy atom. The highest BCUT2D eigenvalue weighted by Crippen LogP contribution is 2.15. The molecule has 154 valence electrons. The van der Waals surface area contributed by atoms with E-state index in [1.54, 1.807) is 4.31 Å². The van der Waals surface area contributed by atoms with Crippen molar-refractivity contribution < 1.29 is 12.6 Å². The number of hydrogen-bond acceptors (Lipinski definition) is 4. The summed E-state index contributed by atoms with van der Waals surface area (Å²) in [5.41, 5.74) is 0. The number of rotatable bonds is 8. The first-order valence-corrected chi connectivity index (χ1v) is 12.4. The largest absolute Gasteiger partial charge is 0.357 e. The molecule has 0 aromatic heterocycles. The molecule has 1 aliphatic rings. The fourth-order valence-corrected chi connectivity index (χ4v) is 5.14. The SMILES string of the molecule is CCCS(=O)(=O)N1CCC(NC(=NCCS(=O)C(C)(C)C)NCC)CC1. The van der Waals surface area contributed by atoms with Crippen molar-refractivity contribution in [3.05, 3.63) is 0 Å². The van der Waals surface area contributed by atoms with E-state index in [0.29, 0.717) is 37.8 Å². The Labute approximate surface area is 161 Å². The molecule has 9 heteroatoms. The van der Waals surface area contributed by atoms with Gasteiger partial charge < -0.3 is 10.6 Å². The predicted molar refractivity (Wildman–Crippen MR) is 111 cm³/mol. The summed E-state index contributed by atoms with van der Waals surface area (Å²) in [4.78, 5) is 4.53. The maximum absolute atomic E-state index is 12.1. The molecule has 0 amide bonds. The molecule has 0 aromatic rings. The Balaban J connectivity index is 2.53. The van der Waals surface area contributed by atoms with Gasteiger partial charge in [0.05, 0.1) is 12.3 Å². The second kappa shape index (κ2) is 10.6. The minimum absolute atomic E-state index is 0.203. The minimum Gasteiger partial charge on any atom is -0.357 e. The summed E-state index contributed by atoms with van der Waals surface area (Å²) >= 11 is 0. The molecule has 1 unspecified atom stereocenters. The lowest BCUT2D eigenvalue weighted by Crippen LogP contribution is -2.50. The van der Waals surface area contributed by atoms with Gasteiger partial charge in [0.15, 0.2) is 5.96 Å². The van der Waals surface area contributed by atoms with Crippen LogP contribution in [0.4, 0.5) is 0 Å². The second-order valence-corrected chi connectivity index (χ2v) is 12.0. The van der Waals surface area contributed by atoms with E-state index < -0.39 is 20.8 Å². The Hall–Kier alpha value is -0.670. The van der Waals surface area contributed by atoms with Crippen molar-refractivity contribution in [1.29, 1.82) is 0 Å². The van der Waals surface area contributed by atoms with Crippen LogP contribution in [0.1, 0.15) is 53.9 Å². The van der Waals surface area contributed by atoms with Gasteiger partial charge in [-0.05, 0) is 47.0 Å². The van der Waals surface area contributed by atoms with E-state index in [9.17, 15) is 12.6 Å². The van der Waals surface area contributed by atoms with Gasteiger partial charge in [-0.2, -0.15) is 0 Å². The first-order chi connectivity index (χ1) is 12.1. The molecule has 2 N–H and O–H groups in total. The normalized spacial score (nSPS) is 19.3. The zero-order chi connectivity index (χ0) is 19.8. The topological polar surface area (TPSA) is 90.9 Å². The van der Waals surface area contributed by atoms with Gasteiger partial charge in [0.1, 0.15) is 0 Å². The molecule has 0 aromatic carbocycles. The van der Waals surface area contributed by atoms with E-state index in [4.69, 9.17) is 0 Å². The second-order valence-electron chi connectivity index (χ2n) is 7.56. The van der Waals surface area contributed by atoms with Crippen molar-refractivity contribution in [1.82, 2.24) is 14.9 Å². The van der Waals surface area contributed by atoms with Gasteiger partial charge in [-0.15, -0.1) is 0 Å². The molecule has 0 spiro atoms. The van der Waals surface area contributed by atoms with Crippen molar-refractivity contribution in [2.24, 2.45) is 4.99 Å². The molecule has 7 nitrogen and oxygen atoms in total. The van der Waals surface area contributed by atoms with Gasteiger partial charge in [-0.25, -0.2) is 12.7 Å². The maximum atomic E-state index is 12.1. The van der Waals surface area contributed by atoms with Crippen molar-refractivity contribution in [2.75, 3.05) is 37.7 Å². The van der Waals surface area contributed by atoms with Crippen LogP contribution in [0.3, 0.4) is 0 Å². The molecule has 1 heterocycles. The minimum atomic E-state index is -3.11. The van der Waals surface area contributed by atoms with E-state index in [-0.39, 0.29) is 16.5 Å². The van der Waals surface area contributed by atoms with E-state index in [1.165, 1.54) is 0 Å². The number of piperidine rings is 1. The number of guanidine groups is 1. The summed E-state index contributed by atoms with van der Waals surface area (Å²) in [6.07, 6.45) is 2.18. The number of aliphatic imine (C=N–C) groups is 1. The summed E-state index contributed by atoms with van der Waals surface area (Å²) in [6, 6.07) is 0.203. The highest BCUT2D eigenvalue weighted by molar-refractivity contribution is 7.89. The molecular weight excluding hydrogens is 372 g/mol. The van der Waals surface area contributed by atoms with Crippen LogP contribution in [0, 0.1) is 0 Å². The van der Waals surface area contributed by atoms with Crippen LogP contribution in [-0.4, -0.2) is 71.4 Å². The molecule has 1 fully saturated rings. The maximum Gasteiger partial charge on any atom is 0.214 e. The third-order valence-corrected chi connectivity index (χ3v) is 8.22. The van der Waals surface area contributed by atoms with E-state index in [0.717, 1.165) is 19.4 Å². The number of nitrogens with zero attached hydrogens (tertiary/aromatic N) is 2. The highest BCUT2D eigenvalue weighted by Gasteiger charge is 2.27. The third-order valence-electron chi connectivity index (χ3n) is 4.22.